The lowest BCUT2D eigenvalue weighted by Gasteiger charge is -2.20. The monoisotopic (exact) mass is 356 g/mol. The molecule has 0 unspecified atom stereocenters. The van der Waals surface area contributed by atoms with Gasteiger partial charge in [-0.1, -0.05) is 0 Å². The first-order chi connectivity index (χ1) is 12.7. The van der Waals surface area contributed by atoms with Gasteiger partial charge in [-0.15, -0.1) is 0 Å². The van der Waals surface area contributed by atoms with Gasteiger partial charge in [-0.3, -0.25) is 9.48 Å². The second-order valence-corrected chi connectivity index (χ2v) is 6.89. The number of hydrogen-bond donors (Lipinski definition) is 1. The zero-order valence-corrected chi connectivity index (χ0v) is 15.0. The van der Waals surface area contributed by atoms with Crippen LogP contribution in [-0.2, 0) is 28.9 Å². The minimum atomic E-state index is 0.0903. The Morgan fingerprint density at radius 1 is 1.35 bits per heavy atom. The van der Waals surface area contributed by atoms with Gasteiger partial charge in [0.2, 0.25) is 5.91 Å². The van der Waals surface area contributed by atoms with Gasteiger partial charge in [0, 0.05) is 37.9 Å². The van der Waals surface area contributed by atoms with E-state index in [1.54, 1.807) is 11.0 Å². The first-order valence-corrected chi connectivity index (χ1v) is 9.14. The predicted molar refractivity (Wildman–Crippen MR) is 95.8 cm³/mol. The van der Waals surface area contributed by atoms with Gasteiger partial charge in [0.05, 0.1) is 24.0 Å². The van der Waals surface area contributed by atoms with Gasteiger partial charge in [0.15, 0.2) is 0 Å². The molecule has 2 aliphatic rings. The van der Waals surface area contributed by atoms with Crippen molar-refractivity contribution in [3.8, 4) is 0 Å². The molecule has 0 saturated carbocycles. The summed E-state index contributed by atoms with van der Waals surface area (Å²) in [6, 6.07) is 2.21. The van der Waals surface area contributed by atoms with Crippen LogP contribution in [0.3, 0.4) is 0 Å². The van der Waals surface area contributed by atoms with Crippen LogP contribution in [0.1, 0.15) is 23.4 Å². The highest BCUT2D eigenvalue weighted by atomic mass is 16.5. The number of aryl methyl sites for hydroxylation is 1. The van der Waals surface area contributed by atoms with Gasteiger partial charge in [-0.2, -0.15) is 5.10 Å². The van der Waals surface area contributed by atoms with Crippen molar-refractivity contribution in [2.24, 2.45) is 0 Å². The molecule has 26 heavy (non-hydrogen) atoms. The third-order valence-electron chi connectivity index (χ3n) is 4.98. The summed E-state index contributed by atoms with van der Waals surface area (Å²) in [5, 5.41) is 7.79. The van der Waals surface area contributed by atoms with E-state index in [2.05, 4.69) is 20.4 Å². The van der Waals surface area contributed by atoms with Crippen LogP contribution >= 0.6 is 0 Å². The lowest BCUT2D eigenvalue weighted by Crippen LogP contribution is -2.36. The molecule has 1 fully saturated rings. The number of fused-ring (bicyclic) bond motifs is 1. The molecule has 0 radical (unpaired) electrons. The number of amides is 1. The van der Waals surface area contributed by atoms with E-state index in [1.165, 1.54) is 0 Å². The molecule has 1 amide bonds. The largest absolute Gasteiger partial charge is 0.379 e. The lowest BCUT2D eigenvalue weighted by atomic mass is 10.1. The fraction of sp³-hybridized carbons (Fsp3) is 0.556. The number of anilines is 1. The third-order valence-corrected chi connectivity index (χ3v) is 4.98. The van der Waals surface area contributed by atoms with Crippen molar-refractivity contribution in [3.63, 3.8) is 0 Å². The summed E-state index contributed by atoms with van der Waals surface area (Å²) in [5.74, 6) is 0.982. The average Bonchev–Trinajstić information content (AvgIpc) is 3.22. The number of nitrogens with one attached hydrogen (secondary N) is 1. The summed E-state index contributed by atoms with van der Waals surface area (Å²) in [5.41, 5.74) is 3.08. The standard InChI is InChI=1S/C18H24N6O2/c1-13-2-8-24(22-13)10-17(25)23-6-3-15-16(4-7-23)19-12-20-18(15)21-14-5-9-26-11-14/h2,8,12,14H,3-7,9-11H2,1H3,(H,19,20,21)/t14-/m1/s1. The SMILES string of the molecule is Cc1ccn(CC(=O)N2CCc3ncnc(N[C@@H]4CCOC4)c3CC2)n1. The summed E-state index contributed by atoms with van der Waals surface area (Å²) in [6.07, 6.45) is 5.96. The van der Waals surface area contributed by atoms with Gasteiger partial charge >= 0.3 is 0 Å². The lowest BCUT2D eigenvalue weighted by molar-refractivity contribution is -0.131. The summed E-state index contributed by atoms with van der Waals surface area (Å²) in [6.45, 7) is 5.06. The topological polar surface area (TPSA) is 85.2 Å². The van der Waals surface area contributed by atoms with Gasteiger partial charge in [-0.25, -0.2) is 9.97 Å². The summed E-state index contributed by atoms with van der Waals surface area (Å²) < 4.78 is 7.13. The Morgan fingerprint density at radius 2 is 2.23 bits per heavy atom. The Labute approximate surface area is 152 Å². The maximum Gasteiger partial charge on any atom is 0.244 e. The number of rotatable bonds is 4. The molecule has 2 aliphatic heterocycles. The molecule has 2 aromatic rings. The highest BCUT2D eigenvalue weighted by Crippen LogP contribution is 2.22. The molecule has 138 valence electrons. The van der Waals surface area contributed by atoms with Gasteiger partial charge in [0.25, 0.3) is 0 Å². The first kappa shape index (κ1) is 17.0. The van der Waals surface area contributed by atoms with Crippen LogP contribution in [0.25, 0.3) is 0 Å². The average molecular weight is 356 g/mol. The second-order valence-electron chi connectivity index (χ2n) is 6.89. The molecule has 0 aromatic carbocycles. The molecule has 8 nitrogen and oxygen atoms in total. The van der Waals surface area contributed by atoms with E-state index in [4.69, 9.17) is 4.74 Å². The van der Waals surface area contributed by atoms with Crippen molar-refractivity contribution in [2.75, 3.05) is 31.6 Å². The molecule has 1 saturated heterocycles. The van der Waals surface area contributed by atoms with Gasteiger partial charge < -0.3 is 15.0 Å². The van der Waals surface area contributed by atoms with Crippen LogP contribution in [0.2, 0.25) is 0 Å². The number of ether oxygens (including phenoxy) is 1. The molecule has 4 rings (SSSR count). The fourth-order valence-electron chi connectivity index (χ4n) is 3.53. The minimum absolute atomic E-state index is 0.0903. The molecule has 4 heterocycles. The molecule has 0 spiro atoms. The maximum atomic E-state index is 12.6. The van der Waals surface area contributed by atoms with Crippen LogP contribution in [0.15, 0.2) is 18.6 Å². The van der Waals surface area contributed by atoms with Crippen LogP contribution in [0.4, 0.5) is 5.82 Å². The number of hydrogen-bond acceptors (Lipinski definition) is 6. The van der Waals surface area contributed by atoms with Gasteiger partial charge in [-0.05, 0) is 25.8 Å². The van der Waals surface area contributed by atoms with E-state index >= 15 is 0 Å². The predicted octanol–water partition coefficient (Wildman–Crippen LogP) is 0.810. The Balaban J connectivity index is 1.44. The Hall–Kier alpha value is -2.48. The third kappa shape index (κ3) is 3.70. The van der Waals surface area contributed by atoms with Crippen molar-refractivity contribution in [2.45, 2.75) is 38.8 Å². The smallest absolute Gasteiger partial charge is 0.244 e. The van der Waals surface area contributed by atoms with Crippen molar-refractivity contribution in [1.82, 2.24) is 24.6 Å². The Bertz CT molecular complexity index is 784. The zero-order chi connectivity index (χ0) is 17.9. The quantitative estimate of drug-likeness (QED) is 0.873. The first-order valence-electron chi connectivity index (χ1n) is 9.14. The van der Waals surface area contributed by atoms with E-state index in [1.807, 2.05) is 24.1 Å². The highest BCUT2D eigenvalue weighted by molar-refractivity contribution is 5.76. The van der Waals surface area contributed by atoms with E-state index in [-0.39, 0.29) is 12.5 Å². The van der Waals surface area contributed by atoms with Crippen LogP contribution in [0.5, 0.6) is 0 Å². The van der Waals surface area contributed by atoms with Gasteiger partial charge in [0.1, 0.15) is 18.7 Å². The molecule has 1 atom stereocenters. The molecular weight excluding hydrogens is 332 g/mol. The fourth-order valence-corrected chi connectivity index (χ4v) is 3.53. The van der Waals surface area contributed by atoms with E-state index in [0.717, 1.165) is 48.6 Å². The molecule has 1 N–H and O–H groups in total. The summed E-state index contributed by atoms with van der Waals surface area (Å²) in [4.78, 5) is 23.4. The number of carbonyl (C=O) groups is 1. The zero-order valence-electron chi connectivity index (χ0n) is 15.0. The van der Waals surface area contributed by atoms with Crippen molar-refractivity contribution >= 4 is 11.7 Å². The van der Waals surface area contributed by atoms with Crippen LogP contribution in [0, 0.1) is 6.92 Å². The summed E-state index contributed by atoms with van der Waals surface area (Å²) in [7, 11) is 0. The normalized spacial score (nSPS) is 19.9. The number of aromatic nitrogens is 4. The van der Waals surface area contributed by atoms with Crippen LogP contribution < -0.4 is 5.32 Å². The van der Waals surface area contributed by atoms with Crippen LogP contribution in [-0.4, -0.2) is 62.9 Å². The molecule has 0 bridgehead atoms. The number of carbonyl (C=O) groups excluding carboxylic acids is 1. The molecule has 0 aliphatic carbocycles. The van der Waals surface area contributed by atoms with Crippen molar-refractivity contribution in [1.29, 1.82) is 0 Å². The van der Waals surface area contributed by atoms with E-state index < -0.39 is 0 Å². The maximum absolute atomic E-state index is 12.6. The van der Waals surface area contributed by atoms with Crippen molar-refractivity contribution < 1.29 is 9.53 Å². The number of nitrogens with zero attached hydrogens (tertiary/aromatic N) is 5. The van der Waals surface area contributed by atoms with Crippen molar-refractivity contribution in [3.05, 3.63) is 35.5 Å². The highest BCUT2D eigenvalue weighted by Gasteiger charge is 2.24. The molecule has 8 heteroatoms. The Kier molecular flexibility index (Phi) is 4.83. The summed E-state index contributed by atoms with van der Waals surface area (Å²) >= 11 is 0. The van der Waals surface area contributed by atoms with E-state index in [0.29, 0.717) is 25.7 Å². The molecular formula is C18H24N6O2. The molecule has 2 aromatic heterocycles. The Morgan fingerprint density at radius 3 is 3.00 bits per heavy atom. The second kappa shape index (κ2) is 7.41. The minimum Gasteiger partial charge on any atom is -0.379 e. The van der Waals surface area contributed by atoms with E-state index in [9.17, 15) is 4.79 Å².